The zero-order chi connectivity index (χ0) is 11.3. The number of benzene rings is 1. The molecular weight excluding hydrogens is 275 g/mol. The van der Waals surface area contributed by atoms with E-state index in [4.69, 9.17) is 17.4 Å². The molecule has 0 amide bonds. The Kier molecular flexibility index (Phi) is 5.61. The average Bonchev–Trinajstić information content (AvgIpc) is 2.21. The minimum absolute atomic E-state index is 0.300. The van der Waals surface area contributed by atoms with Gasteiger partial charge in [0.25, 0.3) is 0 Å². The predicted molar refractivity (Wildman–Crippen MR) is 68.9 cm³/mol. The van der Waals surface area contributed by atoms with Gasteiger partial charge in [-0.1, -0.05) is 46.9 Å². The maximum Gasteiger partial charge on any atom is 0.0449 e. The van der Waals surface area contributed by atoms with Crippen molar-refractivity contribution in [3.63, 3.8) is 0 Å². The second-order valence-corrected chi connectivity index (χ2v) is 4.91. The minimum atomic E-state index is 0.300. The van der Waals surface area contributed by atoms with Gasteiger partial charge in [-0.25, -0.2) is 0 Å². The summed E-state index contributed by atoms with van der Waals surface area (Å²) in [6.45, 7) is 2.15. The van der Waals surface area contributed by atoms with Crippen molar-refractivity contribution in [1.82, 2.24) is 5.43 Å². The van der Waals surface area contributed by atoms with Crippen LogP contribution in [-0.2, 0) is 6.42 Å². The molecule has 0 saturated heterocycles. The number of nitrogens with one attached hydrogen (secondary N) is 1. The van der Waals surface area contributed by atoms with Crippen LogP contribution in [0.4, 0.5) is 0 Å². The molecule has 4 heteroatoms. The van der Waals surface area contributed by atoms with E-state index in [2.05, 4.69) is 28.3 Å². The van der Waals surface area contributed by atoms with Crippen LogP contribution >= 0.6 is 27.5 Å². The van der Waals surface area contributed by atoms with Crippen molar-refractivity contribution in [2.45, 2.75) is 32.2 Å². The third-order valence-corrected chi connectivity index (χ3v) is 3.20. The average molecular weight is 292 g/mol. The lowest BCUT2D eigenvalue weighted by Gasteiger charge is -2.15. The Hall–Kier alpha value is -0.0900. The summed E-state index contributed by atoms with van der Waals surface area (Å²) < 4.78 is 1.00. The lowest BCUT2D eigenvalue weighted by atomic mass is 10.0. The summed E-state index contributed by atoms with van der Waals surface area (Å²) in [5.41, 5.74) is 3.96. The zero-order valence-electron chi connectivity index (χ0n) is 8.76. The summed E-state index contributed by atoms with van der Waals surface area (Å²) in [5, 5.41) is 0.792. The van der Waals surface area contributed by atoms with Gasteiger partial charge < -0.3 is 0 Å². The number of hydrogen-bond acceptors (Lipinski definition) is 2. The van der Waals surface area contributed by atoms with Crippen LogP contribution in [-0.4, -0.2) is 6.04 Å². The summed E-state index contributed by atoms with van der Waals surface area (Å²) in [5.74, 6) is 5.48. The van der Waals surface area contributed by atoms with Gasteiger partial charge in [-0.2, -0.15) is 0 Å². The van der Waals surface area contributed by atoms with Crippen LogP contribution in [0.15, 0.2) is 22.7 Å². The molecule has 0 aliphatic carbocycles. The summed E-state index contributed by atoms with van der Waals surface area (Å²) in [6, 6.07) is 6.25. The molecule has 0 saturated carbocycles. The Balaban J connectivity index is 2.70. The quantitative estimate of drug-likeness (QED) is 0.645. The molecule has 0 heterocycles. The largest absolute Gasteiger partial charge is 0.271 e. The van der Waals surface area contributed by atoms with Gasteiger partial charge >= 0.3 is 0 Å². The molecule has 0 fully saturated rings. The molecule has 1 atom stereocenters. The first-order valence-electron chi connectivity index (χ1n) is 5.07. The number of hydrogen-bond donors (Lipinski definition) is 2. The van der Waals surface area contributed by atoms with E-state index < -0.39 is 0 Å². The summed E-state index contributed by atoms with van der Waals surface area (Å²) >= 11 is 9.52. The van der Waals surface area contributed by atoms with Crippen LogP contribution in [0.5, 0.6) is 0 Å². The highest BCUT2D eigenvalue weighted by Crippen LogP contribution is 2.22. The van der Waals surface area contributed by atoms with Gasteiger partial charge in [-0.05, 0) is 30.5 Å². The Morgan fingerprint density at radius 1 is 1.53 bits per heavy atom. The van der Waals surface area contributed by atoms with Crippen LogP contribution in [0, 0.1) is 0 Å². The second-order valence-electron chi connectivity index (χ2n) is 3.59. The molecule has 1 rings (SSSR count). The van der Waals surface area contributed by atoms with Crippen LogP contribution in [0.2, 0.25) is 5.02 Å². The van der Waals surface area contributed by atoms with E-state index in [9.17, 15) is 0 Å². The molecular formula is C11H16BrClN2. The van der Waals surface area contributed by atoms with Crippen molar-refractivity contribution in [1.29, 1.82) is 0 Å². The molecule has 1 aromatic rings. The fourth-order valence-electron chi connectivity index (χ4n) is 1.55. The summed E-state index contributed by atoms with van der Waals surface area (Å²) in [7, 11) is 0. The molecule has 84 valence electrons. The van der Waals surface area contributed by atoms with E-state index in [1.54, 1.807) is 0 Å². The van der Waals surface area contributed by atoms with Crippen LogP contribution in [0.1, 0.15) is 25.3 Å². The number of hydrazine groups is 1. The van der Waals surface area contributed by atoms with Gasteiger partial charge in [0.2, 0.25) is 0 Å². The smallest absolute Gasteiger partial charge is 0.0449 e. The van der Waals surface area contributed by atoms with Gasteiger partial charge in [0.05, 0.1) is 0 Å². The Morgan fingerprint density at radius 2 is 2.27 bits per heavy atom. The first-order valence-corrected chi connectivity index (χ1v) is 6.24. The number of nitrogens with two attached hydrogens (primary N) is 1. The second kappa shape index (κ2) is 6.48. The van der Waals surface area contributed by atoms with Crippen molar-refractivity contribution in [3.8, 4) is 0 Å². The molecule has 1 unspecified atom stereocenters. The lowest BCUT2D eigenvalue weighted by molar-refractivity contribution is 0.486. The van der Waals surface area contributed by atoms with E-state index in [1.807, 2.05) is 18.2 Å². The normalized spacial score (nSPS) is 12.8. The van der Waals surface area contributed by atoms with Crippen molar-refractivity contribution in [2.24, 2.45) is 5.84 Å². The standard InChI is InChI=1S/C11H16BrClN2/c1-2-3-10(15-14)6-8-4-5-9(12)7-11(8)13/h4-5,7,10,15H,2-3,6,14H2,1H3. The molecule has 1 aromatic carbocycles. The highest BCUT2D eigenvalue weighted by atomic mass is 79.9. The Morgan fingerprint density at radius 3 is 2.80 bits per heavy atom. The monoisotopic (exact) mass is 290 g/mol. The Labute approximate surface area is 104 Å². The van der Waals surface area contributed by atoms with Crippen molar-refractivity contribution < 1.29 is 0 Å². The van der Waals surface area contributed by atoms with Gasteiger partial charge in [0.1, 0.15) is 0 Å². The van der Waals surface area contributed by atoms with E-state index in [0.717, 1.165) is 34.3 Å². The molecule has 0 aromatic heterocycles. The molecule has 2 nitrogen and oxygen atoms in total. The Bertz CT molecular complexity index is 317. The first-order chi connectivity index (χ1) is 7.17. The highest BCUT2D eigenvalue weighted by Gasteiger charge is 2.09. The van der Waals surface area contributed by atoms with E-state index in [-0.39, 0.29) is 0 Å². The van der Waals surface area contributed by atoms with E-state index in [0.29, 0.717) is 6.04 Å². The third-order valence-electron chi connectivity index (χ3n) is 2.35. The summed E-state index contributed by atoms with van der Waals surface area (Å²) in [4.78, 5) is 0. The SMILES string of the molecule is CCCC(Cc1ccc(Br)cc1Cl)NN. The molecule has 15 heavy (non-hydrogen) atoms. The molecule has 3 N–H and O–H groups in total. The molecule has 0 aliphatic rings. The minimum Gasteiger partial charge on any atom is -0.271 e. The highest BCUT2D eigenvalue weighted by molar-refractivity contribution is 9.10. The lowest BCUT2D eigenvalue weighted by Crippen LogP contribution is -2.36. The van der Waals surface area contributed by atoms with Gasteiger partial charge in [-0.15, -0.1) is 0 Å². The maximum absolute atomic E-state index is 6.13. The molecule has 0 bridgehead atoms. The van der Waals surface area contributed by atoms with Crippen molar-refractivity contribution in [3.05, 3.63) is 33.3 Å². The van der Waals surface area contributed by atoms with E-state index >= 15 is 0 Å². The third kappa shape index (κ3) is 4.11. The van der Waals surface area contributed by atoms with Gasteiger partial charge in [0.15, 0.2) is 0 Å². The van der Waals surface area contributed by atoms with Gasteiger partial charge in [0, 0.05) is 15.5 Å². The molecule has 0 radical (unpaired) electrons. The maximum atomic E-state index is 6.13. The fraction of sp³-hybridized carbons (Fsp3) is 0.455. The van der Waals surface area contributed by atoms with E-state index in [1.165, 1.54) is 0 Å². The zero-order valence-corrected chi connectivity index (χ0v) is 11.1. The molecule has 0 spiro atoms. The summed E-state index contributed by atoms with van der Waals surface area (Å²) in [6.07, 6.45) is 3.04. The first kappa shape index (κ1) is 13.0. The van der Waals surface area contributed by atoms with Crippen LogP contribution < -0.4 is 11.3 Å². The number of halogens is 2. The fourth-order valence-corrected chi connectivity index (χ4v) is 2.30. The molecule has 0 aliphatic heterocycles. The topological polar surface area (TPSA) is 38.0 Å². The van der Waals surface area contributed by atoms with Crippen LogP contribution in [0.25, 0.3) is 0 Å². The van der Waals surface area contributed by atoms with Crippen LogP contribution in [0.3, 0.4) is 0 Å². The number of rotatable bonds is 5. The van der Waals surface area contributed by atoms with Crippen molar-refractivity contribution in [2.75, 3.05) is 0 Å². The van der Waals surface area contributed by atoms with Crippen molar-refractivity contribution >= 4 is 27.5 Å². The van der Waals surface area contributed by atoms with Gasteiger partial charge in [-0.3, -0.25) is 11.3 Å². The predicted octanol–water partition coefficient (Wildman–Crippen LogP) is 3.28.